The Hall–Kier alpha value is -0.940. The van der Waals surface area contributed by atoms with Crippen LogP contribution in [0.15, 0.2) is 5.38 Å². The number of carbonyl (C=O) groups is 1. The SMILES string of the molecule is CCCNC1CCN(c2nc(C(C)C)cs2)C1=O. The maximum absolute atomic E-state index is 12.2. The number of anilines is 1. The van der Waals surface area contributed by atoms with Crippen LogP contribution in [0.5, 0.6) is 0 Å². The lowest BCUT2D eigenvalue weighted by atomic mass is 10.2. The van der Waals surface area contributed by atoms with Crippen LogP contribution in [-0.4, -0.2) is 30.0 Å². The van der Waals surface area contributed by atoms with Crippen LogP contribution >= 0.6 is 11.3 Å². The molecule has 0 bridgehead atoms. The number of nitrogens with zero attached hydrogens (tertiary/aromatic N) is 2. The van der Waals surface area contributed by atoms with Gasteiger partial charge in [0.1, 0.15) is 0 Å². The molecule has 0 spiro atoms. The Morgan fingerprint density at radius 1 is 1.61 bits per heavy atom. The van der Waals surface area contributed by atoms with Gasteiger partial charge in [0.15, 0.2) is 5.13 Å². The highest BCUT2D eigenvalue weighted by Gasteiger charge is 2.33. The Kier molecular flexibility index (Phi) is 4.35. The van der Waals surface area contributed by atoms with Gasteiger partial charge in [-0.3, -0.25) is 9.69 Å². The predicted molar refractivity (Wildman–Crippen MR) is 75.3 cm³/mol. The van der Waals surface area contributed by atoms with Gasteiger partial charge in [-0.05, 0) is 25.3 Å². The predicted octanol–water partition coefficient (Wildman–Crippen LogP) is 2.37. The molecule has 4 nitrogen and oxygen atoms in total. The van der Waals surface area contributed by atoms with E-state index in [9.17, 15) is 4.79 Å². The third-order valence-electron chi connectivity index (χ3n) is 3.18. The highest BCUT2D eigenvalue weighted by Crippen LogP contribution is 2.28. The Bertz CT molecular complexity index is 416. The minimum atomic E-state index is -0.0173. The van der Waals surface area contributed by atoms with Crippen LogP contribution in [0.25, 0.3) is 0 Å². The van der Waals surface area contributed by atoms with Crippen molar-refractivity contribution in [2.45, 2.75) is 45.6 Å². The van der Waals surface area contributed by atoms with Gasteiger partial charge in [-0.2, -0.15) is 0 Å². The molecule has 0 aromatic carbocycles. The van der Waals surface area contributed by atoms with E-state index in [2.05, 4.69) is 36.5 Å². The molecule has 0 saturated carbocycles. The van der Waals surface area contributed by atoms with Crippen LogP contribution in [0.2, 0.25) is 0 Å². The van der Waals surface area contributed by atoms with Gasteiger partial charge in [0.2, 0.25) is 5.91 Å². The van der Waals surface area contributed by atoms with Crippen molar-refractivity contribution in [1.29, 1.82) is 0 Å². The first kappa shape index (κ1) is 13.5. The van der Waals surface area contributed by atoms with Gasteiger partial charge in [-0.25, -0.2) is 4.98 Å². The molecule has 1 aromatic rings. The standard InChI is InChI=1S/C13H21N3OS/c1-4-6-14-10-5-7-16(12(10)17)13-15-11(8-18-13)9(2)3/h8-10,14H,4-7H2,1-3H3. The number of aromatic nitrogens is 1. The van der Waals surface area contributed by atoms with Crippen molar-refractivity contribution in [3.63, 3.8) is 0 Å². The van der Waals surface area contributed by atoms with Crippen LogP contribution < -0.4 is 10.2 Å². The number of rotatable bonds is 5. The maximum Gasteiger partial charge on any atom is 0.245 e. The van der Waals surface area contributed by atoms with Crippen molar-refractivity contribution < 1.29 is 4.79 Å². The lowest BCUT2D eigenvalue weighted by molar-refractivity contribution is -0.118. The summed E-state index contributed by atoms with van der Waals surface area (Å²) >= 11 is 1.57. The zero-order valence-electron chi connectivity index (χ0n) is 11.3. The fourth-order valence-corrected chi connectivity index (χ4v) is 3.06. The second-order valence-electron chi connectivity index (χ2n) is 4.99. The Morgan fingerprint density at radius 3 is 3.00 bits per heavy atom. The van der Waals surface area contributed by atoms with Crippen LogP contribution in [0.1, 0.15) is 45.2 Å². The summed E-state index contributed by atoms with van der Waals surface area (Å²) in [5, 5.41) is 6.20. The van der Waals surface area contributed by atoms with Crippen molar-refractivity contribution in [2.24, 2.45) is 0 Å². The van der Waals surface area contributed by atoms with Crippen molar-refractivity contribution in [3.05, 3.63) is 11.1 Å². The lowest BCUT2D eigenvalue weighted by Crippen LogP contribution is -2.38. The van der Waals surface area contributed by atoms with E-state index in [0.717, 1.165) is 36.8 Å². The third-order valence-corrected chi connectivity index (χ3v) is 4.06. The van der Waals surface area contributed by atoms with Crippen LogP contribution in [0.3, 0.4) is 0 Å². The first-order chi connectivity index (χ1) is 8.63. The topological polar surface area (TPSA) is 45.2 Å². The van der Waals surface area contributed by atoms with Crippen LogP contribution in [-0.2, 0) is 4.79 Å². The molecule has 1 aliphatic heterocycles. The highest BCUT2D eigenvalue weighted by atomic mass is 32.1. The number of thiazole rings is 1. The maximum atomic E-state index is 12.2. The van der Waals surface area contributed by atoms with Gasteiger partial charge in [0.05, 0.1) is 11.7 Å². The van der Waals surface area contributed by atoms with E-state index in [-0.39, 0.29) is 11.9 Å². The summed E-state index contributed by atoms with van der Waals surface area (Å²) in [6.45, 7) is 8.04. The second kappa shape index (κ2) is 5.80. The minimum absolute atomic E-state index is 0.0173. The number of carbonyl (C=O) groups excluding carboxylic acids is 1. The van der Waals surface area contributed by atoms with Gasteiger partial charge >= 0.3 is 0 Å². The van der Waals surface area contributed by atoms with E-state index in [1.165, 1.54) is 0 Å². The molecule has 1 saturated heterocycles. The van der Waals surface area contributed by atoms with Gasteiger partial charge in [-0.15, -0.1) is 11.3 Å². The Morgan fingerprint density at radius 2 is 2.39 bits per heavy atom. The van der Waals surface area contributed by atoms with E-state index in [0.29, 0.717) is 5.92 Å². The quantitative estimate of drug-likeness (QED) is 0.891. The molecule has 1 amide bonds. The molecular weight excluding hydrogens is 246 g/mol. The van der Waals surface area contributed by atoms with Crippen LogP contribution in [0, 0.1) is 0 Å². The number of nitrogens with one attached hydrogen (secondary N) is 1. The highest BCUT2D eigenvalue weighted by molar-refractivity contribution is 7.14. The van der Waals surface area contributed by atoms with Crippen molar-refractivity contribution >= 4 is 22.4 Å². The monoisotopic (exact) mass is 267 g/mol. The summed E-state index contributed by atoms with van der Waals surface area (Å²) in [5.41, 5.74) is 1.08. The third kappa shape index (κ3) is 2.72. The molecule has 1 N–H and O–H groups in total. The molecule has 1 fully saturated rings. The Labute approximate surface area is 112 Å². The molecule has 1 aliphatic rings. The zero-order chi connectivity index (χ0) is 13.1. The molecule has 2 rings (SSSR count). The molecule has 0 radical (unpaired) electrons. The van der Waals surface area contributed by atoms with Gasteiger partial charge < -0.3 is 5.32 Å². The van der Waals surface area contributed by atoms with Gasteiger partial charge in [0, 0.05) is 11.9 Å². The summed E-state index contributed by atoms with van der Waals surface area (Å²) < 4.78 is 0. The molecule has 0 aliphatic carbocycles. The van der Waals surface area contributed by atoms with E-state index >= 15 is 0 Å². The molecular formula is C13H21N3OS. The van der Waals surface area contributed by atoms with Gasteiger partial charge in [0.25, 0.3) is 0 Å². The van der Waals surface area contributed by atoms with Crippen molar-refractivity contribution in [3.8, 4) is 0 Å². The molecule has 5 heteroatoms. The largest absolute Gasteiger partial charge is 0.306 e. The summed E-state index contributed by atoms with van der Waals surface area (Å²) in [5.74, 6) is 0.592. The summed E-state index contributed by atoms with van der Waals surface area (Å²) in [6, 6.07) is -0.0173. The van der Waals surface area contributed by atoms with Crippen molar-refractivity contribution in [1.82, 2.24) is 10.3 Å². The van der Waals surface area contributed by atoms with Crippen LogP contribution in [0.4, 0.5) is 5.13 Å². The number of hydrogen-bond acceptors (Lipinski definition) is 4. The molecule has 18 heavy (non-hydrogen) atoms. The van der Waals surface area contributed by atoms with E-state index in [4.69, 9.17) is 0 Å². The van der Waals surface area contributed by atoms with E-state index in [1.54, 1.807) is 11.3 Å². The average molecular weight is 267 g/mol. The summed E-state index contributed by atoms with van der Waals surface area (Å²) in [6.07, 6.45) is 1.94. The zero-order valence-corrected chi connectivity index (χ0v) is 12.1. The van der Waals surface area contributed by atoms with Gasteiger partial charge in [-0.1, -0.05) is 20.8 Å². The van der Waals surface area contributed by atoms with E-state index < -0.39 is 0 Å². The van der Waals surface area contributed by atoms with E-state index in [1.807, 2.05) is 4.90 Å². The second-order valence-corrected chi connectivity index (χ2v) is 5.83. The Balaban J connectivity index is 2.03. The average Bonchev–Trinajstić information content (AvgIpc) is 2.93. The van der Waals surface area contributed by atoms with Crippen molar-refractivity contribution in [2.75, 3.05) is 18.0 Å². The molecule has 1 aromatic heterocycles. The number of amides is 1. The molecule has 1 unspecified atom stereocenters. The fourth-order valence-electron chi connectivity index (χ4n) is 2.04. The number of hydrogen-bond donors (Lipinski definition) is 1. The fraction of sp³-hybridized carbons (Fsp3) is 0.692. The lowest BCUT2D eigenvalue weighted by Gasteiger charge is -2.13. The summed E-state index contributed by atoms with van der Waals surface area (Å²) in [7, 11) is 0. The molecule has 100 valence electrons. The smallest absolute Gasteiger partial charge is 0.245 e. The minimum Gasteiger partial charge on any atom is -0.306 e. The first-order valence-corrected chi connectivity index (χ1v) is 7.51. The molecule has 2 heterocycles. The molecule has 1 atom stereocenters. The summed E-state index contributed by atoms with van der Waals surface area (Å²) in [4.78, 5) is 18.6. The first-order valence-electron chi connectivity index (χ1n) is 6.63. The normalized spacial score (nSPS) is 20.1.